The lowest BCUT2D eigenvalue weighted by molar-refractivity contribution is 0.581. The van der Waals surface area contributed by atoms with Crippen LogP contribution in [0.2, 0.25) is 0 Å². The topological polar surface area (TPSA) is 97.9 Å². The second-order valence-electron chi connectivity index (χ2n) is 8.78. The number of nitrogens with zero attached hydrogens (tertiary/aromatic N) is 6. The van der Waals surface area contributed by atoms with Gasteiger partial charge in [0, 0.05) is 43.5 Å². The van der Waals surface area contributed by atoms with Crippen molar-refractivity contribution in [2.45, 2.75) is 24.2 Å². The number of rotatable bonds is 5. The summed E-state index contributed by atoms with van der Waals surface area (Å²) in [6.07, 6.45) is 10.2. The third-order valence-corrected chi connectivity index (χ3v) is 7.92. The maximum absolute atomic E-state index is 13.1. The highest BCUT2D eigenvalue weighted by molar-refractivity contribution is 7.92. The number of anilines is 2. The molecule has 1 spiro atoms. The van der Waals surface area contributed by atoms with Crippen LogP contribution in [0.3, 0.4) is 0 Å². The molecule has 164 valence electrons. The summed E-state index contributed by atoms with van der Waals surface area (Å²) in [5, 5.41) is 9.34. The van der Waals surface area contributed by atoms with E-state index in [0.717, 1.165) is 29.7 Å². The second kappa shape index (κ2) is 6.80. The normalized spacial score (nSPS) is 17.3. The lowest BCUT2D eigenvalue weighted by Gasteiger charge is -2.19. The van der Waals surface area contributed by atoms with Crippen LogP contribution in [0.15, 0.2) is 60.0 Å². The van der Waals surface area contributed by atoms with E-state index in [9.17, 15) is 8.42 Å². The Morgan fingerprint density at radius 2 is 1.97 bits per heavy atom. The Balaban J connectivity index is 1.27. The number of hydrogen-bond donors (Lipinski definition) is 1. The maximum Gasteiger partial charge on any atom is 0.265 e. The molecule has 1 saturated heterocycles. The molecule has 1 N–H and O–H groups in total. The van der Waals surface area contributed by atoms with Crippen LogP contribution in [0.25, 0.3) is 16.7 Å². The molecule has 1 aliphatic heterocycles. The Labute approximate surface area is 185 Å². The van der Waals surface area contributed by atoms with Crippen LogP contribution in [0.1, 0.15) is 19.3 Å². The molecule has 0 bridgehead atoms. The standard InChI is InChI=1S/C22H23N7O2S/c1-27-21-16(12-24-27)3-2-4-19(21)26-32(30,31)18-13-25-29(14-18)20-11-17(5-9-23-20)28-10-8-22(15-28)6-7-22/h2-5,9,11-14,26H,6-8,10,15H2,1H3. The van der Waals surface area contributed by atoms with Crippen molar-refractivity contribution in [1.82, 2.24) is 24.5 Å². The first-order chi connectivity index (χ1) is 15.4. The number of sulfonamides is 1. The van der Waals surface area contributed by atoms with Gasteiger partial charge < -0.3 is 4.90 Å². The molecule has 9 nitrogen and oxygen atoms in total. The molecule has 2 aliphatic rings. The van der Waals surface area contributed by atoms with Crippen LogP contribution in [0.4, 0.5) is 11.4 Å². The zero-order valence-electron chi connectivity index (χ0n) is 17.6. The predicted octanol–water partition coefficient (Wildman–Crippen LogP) is 2.95. The quantitative estimate of drug-likeness (QED) is 0.503. The smallest absolute Gasteiger partial charge is 0.265 e. The molecule has 10 heteroatoms. The van der Waals surface area contributed by atoms with E-state index in [4.69, 9.17) is 0 Å². The Morgan fingerprint density at radius 1 is 1.09 bits per heavy atom. The van der Waals surface area contributed by atoms with Crippen molar-refractivity contribution >= 4 is 32.3 Å². The summed E-state index contributed by atoms with van der Waals surface area (Å²) in [7, 11) is -2.05. The first-order valence-electron chi connectivity index (χ1n) is 10.6. The van der Waals surface area contributed by atoms with E-state index in [1.54, 1.807) is 36.3 Å². The molecular formula is C22H23N7O2S. The van der Waals surface area contributed by atoms with Crippen molar-refractivity contribution in [1.29, 1.82) is 0 Å². The summed E-state index contributed by atoms with van der Waals surface area (Å²) in [6, 6.07) is 9.38. The molecule has 0 atom stereocenters. The number of aryl methyl sites for hydroxylation is 1. The van der Waals surface area contributed by atoms with Gasteiger partial charge in [-0.05, 0) is 36.8 Å². The third-order valence-electron chi connectivity index (χ3n) is 6.60. The number of benzene rings is 1. The molecule has 0 amide bonds. The summed E-state index contributed by atoms with van der Waals surface area (Å²) in [4.78, 5) is 6.86. The van der Waals surface area contributed by atoms with Crippen molar-refractivity contribution in [2.24, 2.45) is 12.5 Å². The van der Waals surface area contributed by atoms with Crippen molar-refractivity contribution in [3.8, 4) is 5.82 Å². The maximum atomic E-state index is 13.1. The van der Waals surface area contributed by atoms with Crippen LogP contribution < -0.4 is 9.62 Å². The zero-order chi connectivity index (χ0) is 21.9. The molecule has 1 aliphatic carbocycles. The highest BCUT2D eigenvalue weighted by Crippen LogP contribution is 2.53. The fraction of sp³-hybridized carbons (Fsp3) is 0.318. The molecule has 0 unspecified atom stereocenters. The molecular weight excluding hydrogens is 426 g/mol. The first-order valence-corrected chi connectivity index (χ1v) is 12.1. The average Bonchev–Trinajstić information content (AvgIpc) is 3.15. The van der Waals surface area contributed by atoms with Crippen LogP contribution in [0.5, 0.6) is 0 Å². The van der Waals surface area contributed by atoms with Crippen LogP contribution >= 0.6 is 0 Å². The molecule has 2 fully saturated rings. The number of aromatic nitrogens is 5. The Hall–Kier alpha value is -3.40. The molecule has 4 aromatic rings. The first kappa shape index (κ1) is 19.3. The Bertz CT molecular complexity index is 1440. The van der Waals surface area contributed by atoms with Crippen LogP contribution in [-0.4, -0.2) is 46.1 Å². The van der Waals surface area contributed by atoms with Gasteiger partial charge in [-0.3, -0.25) is 9.40 Å². The Morgan fingerprint density at radius 3 is 2.78 bits per heavy atom. The van der Waals surface area contributed by atoms with Gasteiger partial charge in [-0.15, -0.1) is 0 Å². The second-order valence-corrected chi connectivity index (χ2v) is 10.5. The van der Waals surface area contributed by atoms with Crippen molar-refractivity contribution < 1.29 is 8.42 Å². The number of pyridine rings is 1. The van der Waals surface area contributed by atoms with Crippen molar-refractivity contribution in [2.75, 3.05) is 22.7 Å². The van der Waals surface area contributed by atoms with Crippen molar-refractivity contribution in [3.63, 3.8) is 0 Å². The van der Waals surface area contributed by atoms with E-state index in [1.165, 1.54) is 36.3 Å². The lowest BCUT2D eigenvalue weighted by atomic mass is 10.1. The van der Waals surface area contributed by atoms with Crippen molar-refractivity contribution in [3.05, 3.63) is 55.1 Å². The summed E-state index contributed by atoms with van der Waals surface area (Å²) >= 11 is 0. The fourth-order valence-corrected chi connectivity index (χ4v) is 5.56. The highest BCUT2D eigenvalue weighted by Gasteiger charge is 2.47. The molecule has 4 heterocycles. The van der Waals surface area contributed by atoms with E-state index < -0.39 is 10.0 Å². The highest BCUT2D eigenvalue weighted by atomic mass is 32.2. The molecule has 0 radical (unpaired) electrons. The van der Waals surface area contributed by atoms with Gasteiger partial charge in [-0.2, -0.15) is 10.2 Å². The summed E-state index contributed by atoms with van der Waals surface area (Å²) in [5.41, 5.74) is 2.81. The molecule has 3 aromatic heterocycles. The van der Waals surface area contributed by atoms with Gasteiger partial charge in [0.15, 0.2) is 5.82 Å². The molecule has 32 heavy (non-hydrogen) atoms. The zero-order valence-corrected chi connectivity index (χ0v) is 18.5. The van der Waals surface area contributed by atoms with Crippen LogP contribution in [-0.2, 0) is 17.1 Å². The van der Waals surface area contributed by atoms with Gasteiger partial charge in [-0.1, -0.05) is 12.1 Å². The molecule has 1 saturated carbocycles. The van der Waals surface area contributed by atoms with E-state index >= 15 is 0 Å². The monoisotopic (exact) mass is 449 g/mol. The van der Waals surface area contributed by atoms with Crippen LogP contribution in [0, 0.1) is 5.41 Å². The largest absolute Gasteiger partial charge is 0.371 e. The van der Waals surface area contributed by atoms with E-state index in [2.05, 4.69) is 24.8 Å². The van der Waals surface area contributed by atoms with Gasteiger partial charge in [0.2, 0.25) is 0 Å². The van der Waals surface area contributed by atoms with E-state index in [1.807, 2.05) is 18.2 Å². The summed E-state index contributed by atoms with van der Waals surface area (Å²) in [5.74, 6) is 0.592. The average molecular weight is 450 g/mol. The summed E-state index contributed by atoms with van der Waals surface area (Å²) < 4.78 is 31.9. The molecule has 6 rings (SSSR count). The number of hydrogen-bond acceptors (Lipinski definition) is 6. The third kappa shape index (κ3) is 3.22. The Kier molecular flexibility index (Phi) is 4.10. The number of nitrogens with one attached hydrogen (secondary N) is 1. The SMILES string of the molecule is Cn1ncc2cccc(NS(=O)(=O)c3cnn(-c4cc(N5CCC6(CC6)C5)ccn4)c3)c21. The van der Waals surface area contributed by atoms with Gasteiger partial charge in [0.25, 0.3) is 10.0 Å². The van der Waals surface area contributed by atoms with Gasteiger partial charge in [0.05, 0.1) is 29.8 Å². The minimum Gasteiger partial charge on any atom is -0.371 e. The number of fused-ring (bicyclic) bond motifs is 1. The minimum atomic E-state index is -3.83. The van der Waals surface area contributed by atoms with E-state index in [-0.39, 0.29) is 4.90 Å². The lowest BCUT2D eigenvalue weighted by Crippen LogP contribution is -2.20. The predicted molar refractivity (Wildman–Crippen MR) is 121 cm³/mol. The minimum absolute atomic E-state index is 0.0713. The van der Waals surface area contributed by atoms with Gasteiger partial charge in [0.1, 0.15) is 4.90 Å². The molecule has 1 aromatic carbocycles. The van der Waals surface area contributed by atoms with Gasteiger partial charge in [-0.25, -0.2) is 18.1 Å². The summed E-state index contributed by atoms with van der Waals surface area (Å²) in [6.45, 7) is 2.13. The number of para-hydroxylation sites is 1. The van der Waals surface area contributed by atoms with E-state index in [0.29, 0.717) is 16.9 Å². The van der Waals surface area contributed by atoms with Gasteiger partial charge >= 0.3 is 0 Å². The fourth-order valence-electron chi connectivity index (χ4n) is 4.56.